The van der Waals surface area contributed by atoms with Gasteiger partial charge in [0.05, 0.1) is 17.8 Å². The van der Waals surface area contributed by atoms with E-state index in [1.165, 1.54) is 6.08 Å². The van der Waals surface area contributed by atoms with Crippen LogP contribution in [0.5, 0.6) is 0 Å². The van der Waals surface area contributed by atoms with Gasteiger partial charge in [-0.25, -0.2) is 4.79 Å². The number of carbonyl (C=O) groups is 1. The summed E-state index contributed by atoms with van der Waals surface area (Å²) in [6.45, 7) is 1.90. The molecule has 0 spiro atoms. The molecule has 1 aliphatic heterocycles. The quantitative estimate of drug-likeness (QED) is 0.527. The van der Waals surface area contributed by atoms with Gasteiger partial charge in [-0.3, -0.25) is 0 Å². The molecule has 4 atom stereocenters. The maximum absolute atomic E-state index is 11.6. The maximum Gasteiger partial charge on any atom is 0.330 e. The van der Waals surface area contributed by atoms with Crippen LogP contribution in [0.3, 0.4) is 0 Å². The van der Waals surface area contributed by atoms with Gasteiger partial charge >= 0.3 is 5.97 Å². The summed E-state index contributed by atoms with van der Waals surface area (Å²) in [6.07, 6.45) is 10.6. The lowest BCUT2D eigenvalue weighted by atomic mass is 9.87. The van der Waals surface area contributed by atoms with Crippen molar-refractivity contribution in [1.29, 1.82) is 0 Å². The van der Waals surface area contributed by atoms with Crippen molar-refractivity contribution in [3.63, 3.8) is 0 Å². The SMILES string of the molecule is C[C@H]1CCC/C=C\[C@H]2C[C@@H](O)C[C@]2(O)C/C=C\C(=O)O1. The van der Waals surface area contributed by atoms with Gasteiger partial charge in [-0.15, -0.1) is 0 Å². The first-order chi connectivity index (χ1) is 9.49. The van der Waals surface area contributed by atoms with E-state index in [1.807, 2.05) is 13.0 Å². The summed E-state index contributed by atoms with van der Waals surface area (Å²) >= 11 is 0. The van der Waals surface area contributed by atoms with Crippen LogP contribution in [0.1, 0.15) is 45.4 Å². The van der Waals surface area contributed by atoms with Crippen LogP contribution in [0.25, 0.3) is 0 Å². The predicted octanol–water partition coefficient (Wildman–Crippen LogP) is 2.11. The van der Waals surface area contributed by atoms with Crippen molar-refractivity contribution in [2.24, 2.45) is 5.92 Å². The first kappa shape index (κ1) is 15.3. The maximum atomic E-state index is 11.6. The number of rotatable bonds is 0. The summed E-state index contributed by atoms with van der Waals surface area (Å²) in [6, 6.07) is 0. The summed E-state index contributed by atoms with van der Waals surface area (Å²) in [7, 11) is 0. The molecular weight excluding hydrogens is 256 g/mol. The molecule has 4 nitrogen and oxygen atoms in total. The third kappa shape index (κ3) is 3.93. The van der Waals surface area contributed by atoms with Crippen LogP contribution in [-0.4, -0.2) is 34.0 Å². The Bertz CT molecular complexity index is 401. The Morgan fingerprint density at radius 2 is 2.20 bits per heavy atom. The molecule has 0 bridgehead atoms. The molecule has 0 aromatic rings. The zero-order valence-electron chi connectivity index (χ0n) is 12.0. The van der Waals surface area contributed by atoms with E-state index in [9.17, 15) is 15.0 Å². The summed E-state index contributed by atoms with van der Waals surface area (Å²) in [5.41, 5.74) is -0.952. The van der Waals surface area contributed by atoms with Gasteiger partial charge in [0.2, 0.25) is 0 Å². The topological polar surface area (TPSA) is 66.8 Å². The van der Waals surface area contributed by atoms with Crippen LogP contribution in [0.4, 0.5) is 0 Å². The summed E-state index contributed by atoms with van der Waals surface area (Å²) in [5.74, 6) is -0.403. The average Bonchev–Trinajstić information content (AvgIpc) is 2.63. The van der Waals surface area contributed by atoms with Crippen LogP contribution in [0, 0.1) is 5.92 Å². The normalized spacial score (nSPS) is 42.5. The van der Waals surface area contributed by atoms with Crippen molar-refractivity contribution < 1.29 is 19.7 Å². The number of hydrogen-bond donors (Lipinski definition) is 2. The largest absolute Gasteiger partial charge is 0.460 e. The fraction of sp³-hybridized carbons (Fsp3) is 0.688. The smallest absolute Gasteiger partial charge is 0.330 e. The van der Waals surface area contributed by atoms with Crippen molar-refractivity contribution in [3.8, 4) is 0 Å². The van der Waals surface area contributed by atoms with E-state index < -0.39 is 11.7 Å². The summed E-state index contributed by atoms with van der Waals surface area (Å²) in [4.78, 5) is 11.6. The number of carbonyl (C=O) groups excluding carboxylic acids is 1. The Morgan fingerprint density at radius 1 is 1.40 bits per heavy atom. The molecule has 2 aliphatic rings. The number of hydrogen-bond acceptors (Lipinski definition) is 4. The fourth-order valence-electron chi connectivity index (χ4n) is 3.09. The molecule has 1 aliphatic carbocycles. The van der Waals surface area contributed by atoms with Crippen LogP contribution in [0.15, 0.2) is 24.3 Å². The van der Waals surface area contributed by atoms with Gasteiger partial charge in [0.15, 0.2) is 0 Å². The van der Waals surface area contributed by atoms with E-state index in [4.69, 9.17) is 4.74 Å². The number of cyclic esters (lactones) is 1. The zero-order valence-corrected chi connectivity index (χ0v) is 12.0. The highest BCUT2D eigenvalue weighted by Crippen LogP contribution is 2.39. The molecule has 0 unspecified atom stereocenters. The lowest BCUT2D eigenvalue weighted by molar-refractivity contribution is -0.142. The molecule has 1 fully saturated rings. The number of fused-ring (bicyclic) bond motifs is 1. The molecule has 4 heteroatoms. The van der Waals surface area contributed by atoms with E-state index in [2.05, 4.69) is 6.08 Å². The third-order valence-electron chi connectivity index (χ3n) is 4.20. The Hall–Kier alpha value is -1.13. The van der Waals surface area contributed by atoms with Crippen LogP contribution in [0.2, 0.25) is 0 Å². The number of aliphatic hydroxyl groups excluding tert-OH is 1. The predicted molar refractivity (Wildman–Crippen MR) is 76.0 cm³/mol. The lowest BCUT2D eigenvalue weighted by Crippen LogP contribution is -2.31. The fourth-order valence-corrected chi connectivity index (χ4v) is 3.09. The number of allylic oxidation sites excluding steroid dienone is 1. The minimum Gasteiger partial charge on any atom is -0.460 e. The molecule has 0 radical (unpaired) electrons. The van der Waals surface area contributed by atoms with Gasteiger partial charge < -0.3 is 14.9 Å². The molecule has 1 heterocycles. The molecule has 112 valence electrons. The average molecular weight is 280 g/mol. The van der Waals surface area contributed by atoms with Gasteiger partial charge in [0.1, 0.15) is 0 Å². The van der Waals surface area contributed by atoms with E-state index >= 15 is 0 Å². The van der Waals surface area contributed by atoms with E-state index in [0.29, 0.717) is 19.3 Å². The zero-order chi connectivity index (χ0) is 14.6. The second-order valence-corrected chi connectivity index (χ2v) is 6.02. The lowest BCUT2D eigenvalue weighted by Gasteiger charge is -2.26. The van der Waals surface area contributed by atoms with Crippen LogP contribution in [-0.2, 0) is 9.53 Å². The van der Waals surface area contributed by atoms with Gasteiger partial charge in [0, 0.05) is 18.4 Å². The van der Waals surface area contributed by atoms with Crippen molar-refractivity contribution in [3.05, 3.63) is 24.3 Å². The molecule has 2 rings (SSSR count). The van der Waals surface area contributed by atoms with Crippen molar-refractivity contribution >= 4 is 5.97 Å². The van der Waals surface area contributed by atoms with E-state index in [-0.39, 0.29) is 18.0 Å². The number of aliphatic hydroxyl groups is 2. The molecular formula is C16H24O4. The van der Waals surface area contributed by atoms with Gasteiger partial charge in [-0.2, -0.15) is 0 Å². The molecule has 20 heavy (non-hydrogen) atoms. The molecule has 0 amide bonds. The van der Waals surface area contributed by atoms with Gasteiger partial charge in [-0.1, -0.05) is 18.2 Å². The van der Waals surface area contributed by atoms with E-state index in [0.717, 1.165) is 19.3 Å². The van der Waals surface area contributed by atoms with E-state index in [1.54, 1.807) is 6.08 Å². The second kappa shape index (κ2) is 6.55. The van der Waals surface area contributed by atoms with Crippen LogP contribution >= 0.6 is 0 Å². The first-order valence-corrected chi connectivity index (χ1v) is 7.44. The molecule has 0 aromatic heterocycles. The summed E-state index contributed by atoms with van der Waals surface area (Å²) in [5, 5.41) is 20.4. The number of ether oxygens (including phenoxy) is 1. The first-order valence-electron chi connectivity index (χ1n) is 7.44. The Balaban J connectivity index is 2.12. The molecule has 1 saturated carbocycles. The summed E-state index contributed by atoms with van der Waals surface area (Å²) < 4.78 is 5.25. The molecule has 2 N–H and O–H groups in total. The van der Waals surface area contributed by atoms with Gasteiger partial charge in [0.25, 0.3) is 0 Å². The number of esters is 1. The van der Waals surface area contributed by atoms with Crippen LogP contribution < -0.4 is 0 Å². The molecule has 0 saturated heterocycles. The highest BCUT2D eigenvalue weighted by molar-refractivity contribution is 5.82. The second-order valence-electron chi connectivity index (χ2n) is 6.02. The third-order valence-corrected chi connectivity index (χ3v) is 4.20. The Morgan fingerprint density at radius 3 is 3.00 bits per heavy atom. The minimum absolute atomic E-state index is 0.0450. The van der Waals surface area contributed by atoms with Crippen molar-refractivity contribution in [2.45, 2.75) is 63.3 Å². The van der Waals surface area contributed by atoms with Gasteiger partial charge in [-0.05, 0) is 39.0 Å². The monoisotopic (exact) mass is 280 g/mol. The molecule has 0 aromatic carbocycles. The van der Waals surface area contributed by atoms with Crippen molar-refractivity contribution in [2.75, 3.05) is 0 Å². The standard InChI is InChI=1S/C16H24O4/c1-12-6-3-2-4-7-13-10-14(17)11-16(13,19)9-5-8-15(18)20-12/h4-5,7-8,12-14,17,19H,2-3,6,9-11H2,1H3/b7-4-,8-5-/t12-,13-,14+,16+/m0/s1. The van der Waals surface area contributed by atoms with Crippen molar-refractivity contribution in [1.82, 2.24) is 0 Å². The highest BCUT2D eigenvalue weighted by Gasteiger charge is 2.43. The highest BCUT2D eigenvalue weighted by atomic mass is 16.5. The Kier molecular flexibility index (Phi) is 5.00. The minimum atomic E-state index is -0.952. The Labute approximate surface area is 120 Å².